The summed E-state index contributed by atoms with van der Waals surface area (Å²) >= 11 is 0. The highest BCUT2D eigenvalue weighted by Crippen LogP contribution is 2.16. The second-order valence-corrected chi connectivity index (χ2v) is 19.5. The normalized spacial score (nSPS) is 12.8. The third-order valence-corrected chi connectivity index (χ3v) is 12.6. The van der Waals surface area contributed by atoms with Gasteiger partial charge in [-0.3, -0.25) is 14.4 Å². The molecule has 0 heterocycles. The van der Waals surface area contributed by atoms with Crippen LogP contribution in [0.4, 0.5) is 0 Å². The van der Waals surface area contributed by atoms with E-state index < -0.39 is 6.10 Å². The van der Waals surface area contributed by atoms with Gasteiger partial charge in [0.25, 0.3) is 0 Å². The number of carbonyl (C=O) groups is 3. The highest BCUT2D eigenvalue weighted by Gasteiger charge is 2.19. The molecule has 0 aliphatic rings. The second-order valence-electron chi connectivity index (χ2n) is 19.5. The Morgan fingerprint density at radius 2 is 0.549 bits per heavy atom. The molecule has 0 saturated heterocycles. The predicted octanol–water partition coefficient (Wildman–Crippen LogP) is 20.1. The fourth-order valence-corrected chi connectivity index (χ4v) is 8.19. The zero-order valence-corrected chi connectivity index (χ0v) is 46.5. The molecule has 0 aromatic carbocycles. The van der Waals surface area contributed by atoms with Crippen LogP contribution in [0.5, 0.6) is 0 Å². The van der Waals surface area contributed by atoms with Gasteiger partial charge in [0.2, 0.25) is 0 Å². The average molecular weight is 988 g/mol. The van der Waals surface area contributed by atoms with Gasteiger partial charge in [-0.1, -0.05) is 259 Å². The molecule has 0 aromatic heterocycles. The number of carbonyl (C=O) groups excluding carboxylic acids is 3. The minimum absolute atomic E-state index is 0.0864. The zero-order valence-electron chi connectivity index (χ0n) is 46.5. The fourth-order valence-electron chi connectivity index (χ4n) is 8.19. The van der Waals surface area contributed by atoms with E-state index in [1.807, 2.05) is 0 Å². The molecular formula is C65H110O6. The van der Waals surface area contributed by atoms with Crippen LogP contribution in [-0.2, 0) is 28.6 Å². The highest BCUT2D eigenvalue weighted by molar-refractivity contribution is 5.71. The van der Waals surface area contributed by atoms with E-state index in [4.69, 9.17) is 14.2 Å². The minimum atomic E-state index is -0.791. The van der Waals surface area contributed by atoms with Crippen molar-refractivity contribution in [3.63, 3.8) is 0 Å². The molecule has 0 aliphatic carbocycles. The van der Waals surface area contributed by atoms with Crippen LogP contribution < -0.4 is 0 Å². The molecule has 406 valence electrons. The van der Waals surface area contributed by atoms with E-state index in [9.17, 15) is 14.4 Å². The molecule has 1 atom stereocenters. The van der Waals surface area contributed by atoms with Crippen molar-refractivity contribution in [1.82, 2.24) is 0 Å². The van der Waals surface area contributed by atoms with Crippen LogP contribution in [0.2, 0.25) is 0 Å². The van der Waals surface area contributed by atoms with Crippen molar-refractivity contribution in [1.29, 1.82) is 0 Å². The monoisotopic (exact) mass is 987 g/mol. The van der Waals surface area contributed by atoms with Gasteiger partial charge in [-0.05, 0) is 96.3 Å². The summed E-state index contributed by atoms with van der Waals surface area (Å²) in [5, 5.41) is 0. The summed E-state index contributed by atoms with van der Waals surface area (Å²) in [6.07, 6.45) is 78.2. The van der Waals surface area contributed by atoms with E-state index in [2.05, 4.69) is 118 Å². The molecule has 0 rings (SSSR count). The van der Waals surface area contributed by atoms with Gasteiger partial charge >= 0.3 is 17.9 Å². The van der Waals surface area contributed by atoms with Crippen molar-refractivity contribution in [2.45, 2.75) is 284 Å². The Kier molecular flexibility index (Phi) is 55.9. The molecule has 6 nitrogen and oxygen atoms in total. The second kappa shape index (κ2) is 58.9. The molecule has 0 bridgehead atoms. The molecular weight excluding hydrogens is 877 g/mol. The fraction of sp³-hybridized carbons (Fsp3) is 0.708. The van der Waals surface area contributed by atoms with Crippen LogP contribution in [0.3, 0.4) is 0 Å². The molecule has 0 saturated carbocycles. The minimum Gasteiger partial charge on any atom is -0.462 e. The molecule has 0 N–H and O–H groups in total. The summed E-state index contributed by atoms with van der Waals surface area (Å²) in [7, 11) is 0. The number of rotatable bonds is 53. The van der Waals surface area contributed by atoms with Gasteiger partial charge in [-0.25, -0.2) is 0 Å². The third kappa shape index (κ3) is 57.1. The topological polar surface area (TPSA) is 78.9 Å². The van der Waals surface area contributed by atoms with E-state index in [0.717, 1.165) is 135 Å². The molecule has 0 spiro atoms. The van der Waals surface area contributed by atoms with E-state index in [1.54, 1.807) is 0 Å². The number of allylic oxidation sites excluding steroid dienone is 16. The van der Waals surface area contributed by atoms with Gasteiger partial charge in [0, 0.05) is 19.3 Å². The van der Waals surface area contributed by atoms with E-state index in [0.29, 0.717) is 19.3 Å². The Morgan fingerprint density at radius 3 is 0.859 bits per heavy atom. The van der Waals surface area contributed by atoms with Gasteiger partial charge in [-0.15, -0.1) is 0 Å². The van der Waals surface area contributed by atoms with Crippen molar-refractivity contribution in [2.75, 3.05) is 13.2 Å². The number of unbranched alkanes of at least 4 members (excludes halogenated alkanes) is 26. The quantitative estimate of drug-likeness (QED) is 0.0261. The van der Waals surface area contributed by atoms with Crippen molar-refractivity contribution in [3.8, 4) is 0 Å². The van der Waals surface area contributed by atoms with Gasteiger partial charge in [0.05, 0.1) is 0 Å². The van der Waals surface area contributed by atoms with Gasteiger partial charge in [-0.2, -0.15) is 0 Å². The smallest absolute Gasteiger partial charge is 0.306 e. The lowest BCUT2D eigenvalue weighted by atomic mass is 10.0. The van der Waals surface area contributed by atoms with Gasteiger partial charge < -0.3 is 14.2 Å². The van der Waals surface area contributed by atoms with Gasteiger partial charge in [0.1, 0.15) is 13.2 Å². The molecule has 1 unspecified atom stereocenters. The van der Waals surface area contributed by atoms with E-state index in [1.165, 1.54) is 103 Å². The lowest BCUT2D eigenvalue weighted by molar-refractivity contribution is -0.167. The summed E-state index contributed by atoms with van der Waals surface area (Å²) in [5.74, 6) is -0.908. The molecule has 0 aliphatic heterocycles. The van der Waals surface area contributed by atoms with Crippen LogP contribution >= 0.6 is 0 Å². The number of ether oxygens (including phenoxy) is 3. The number of hydrogen-bond acceptors (Lipinski definition) is 6. The van der Waals surface area contributed by atoms with Crippen LogP contribution in [0.25, 0.3) is 0 Å². The maximum absolute atomic E-state index is 12.9. The van der Waals surface area contributed by atoms with Crippen molar-refractivity contribution in [3.05, 3.63) is 97.2 Å². The van der Waals surface area contributed by atoms with E-state index in [-0.39, 0.29) is 31.1 Å². The van der Waals surface area contributed by atoms with Gasteiger partial charge in [0.15, 0.2) is 6.10 Å². The Morgan fingerprint density at radius 1 is 0.296 bits per heavy atom. The van der Waals surface area contributed by atoms with Crippen LogP contribution in [0.1, 0.15) is 278 Å². The third-order valence-electron chi connectivity index (χ3n) is 12.6. The summed E-state index contributed by atoms with van der Waals surface area (Å²) in [4.78, 5) is 38.2. The molecule has 0 amide bonds. The first-order valence-corrected chi connectivity index (χ1v) is 29.7. The molecule has 0 radical (unpaired) electrons. The maximum Gasteiger partial charge on any atom is 0.306 e. The molecule has 6 heteroatoms. The van der Waals surface area contributed by atoms with Crippen molar-refractivity contribution >= 4 is 17.9 Å². The lowest BCUT2D eigenvalue weighted by Gasteiger charge is -2.18. The Labute approximate surface area is 438 Å². The van der Waals surface area contributed by atoms with Crippen LogP contribution in [-0.4, -0.2) is 37.2 Å². The average Bonchev–Trinajstić information content (AvgIpc) is 3.37. The summed E-state index contributed by atoms with van der Waals surface area (Å²) < 4.78 is 16.9. The highest BCUT2D eigenvalue weighted by atomic mass is 16.6. The molecule has 0 aromatic rings. The van der Waals surface area contributed by atoms with Crippen LogP contribution in [0, 0.1) is 0 Å². The standard InChI is InChI=1S/C65H110O6/c1-4-7-10-13-16-19-22-25-28-29-30-31-32-33-34-35-38-40-43-46-49-52-55-58-64(67)70-61-62(71-65(68)59-56-53-50-47-44-41-37-27-24-21-18-15-12-9-6-3)60-69-63(66)57-54-51-48-45-42-39-36-26-23-20-17-14-11-8-5-2/h7,9-10,12,16,18-19,21,25,27-28,30-31,33-34,37,62H,4-6,8,11,13-15,17,20,22-24,26,29,32,35-36,38-61H2,1-3H3/b10-7-,12-9-,19-16-,21-18-,28-25-,31-30-,34-33-,37-27-. The first-order valence-electron chi connectivity index (χ1n) is 29.7. The zero-order chi connectivity index (χ0) is 51.4. The Hall–Kier alpha value is -3.67. The molecule has 71 heavy (non-hydrogen) atoms. The number of esters is 3. The van der Waals surface area contributed by atoms with Crippen molar-refractivity contribution < 1.29 is 28.6 Å². The summed E-state index contributed by atoms with van der Waals surface area (Å²) in [5.41, 5.74) is 0. The molecule has 0 fully saturated rings. The SMILES string of the molecule is CC/C=C\C/C=C\C/C=C\C/C=C\C/C=C\CCCCCCCCCC(=O)OCC(COC(=O)CCCCCCCCCCCCCCCCC)OC(=O)CCCCCCC/C=C\C/C=C\C/C=C\CC. The maximum atomic E-state index is 12.9. The lowest BCUT2D eigenvalue weighted by Crippen LogP contribution is -2.30. The Balaban J connectivity index is 4.39. The first kappa shape index (κ1) is 67.3. The van der Waals surface area contributed by atoms with Crippen LogP contribution in [0.15, 0.2) is 97.2 Å². The predicted molar refractivity (Wildman–Crippen MR) is 307 cm³/mol. The summed E-state index contributed by atoms with van der Waals surface area (Å²) in [6.45, 7) is 6.41. The Bertz CT molecular complexity index is 1410. The largest absolute Gasteiger partial charge is 0.462 e. The van der Waals surface area contributed by atoms with Crippen molar-refractivity contribution in [2.24, 2.45) is 0 Å². The first-order chi connectivity index (χ1) is 35.0. The van der Waals surface area contributed by atoms with E-state index >= 15 is 0 Å². The number of hydrogen-bond donors (Lipinski definition) is 0. The summed E-state index contributed by atoms with van der Waals surface area (Å²) in [6, 6.07) is 0.